The second-order valence-corrected chi connectivity index (χ2v) is 4.90. The molecule has 0 aliphatic heterocycles. The van der Waals surface area contributed by atoms with Gasteiger partial charge in [0.25, 0.3) is 0 Å². The summed E-state index contributed by atoms with van der Waals surface area (Å²) in [6, 6.07) is 0. The van der Waals surface area contributed by atoms with Crippen molar-refractivity contribution in [3.8, 4) is 0 Å². The molecule has 84 valence electrons. The van der Waals surface area contributed by atoms with Crippen molar-refractivity contribution in [1.82, 2.24) is 0 Å². The molecule has 0 bridgehead atoms. The van der Waals surface area contributed by atoms with Crippen molar-refractivity contribution >= 4 is 0 Å². The van der Waals surface area contributed by atoms with Crippen LogP contribution in [0.4, 0.5) is 0 Å². The first-order valence-electron chi connectivity index (χ1n) is 6.24. The van der Waals surface area contributed by atoms with Crippen LogP contribution < -0.4 is 0 Å². The summed E-state index contributed by atoms with van der Waals surface area (Å²) in [5, 5.41) is 0. The van der Waals surface area contributed by atoms with E-state index in [1.54, 1.807) is 0 Å². The van der Waals surface area contributed by atoms with Crippen LogP contribution in [-0.2, 0) is 0 Å². The van der Waals surface area contributed by atoms with Crippen molar-refractivity contribution in [3.05, 3.63) is 12.2 Å². The highest BCUT2D eigenvalue weighted by molar-refractivity contribution is 4.88. The molecule has 0 aromatic carbocycles. The summed E-state index contributed by atoms with van der Waals surface area (Å²) in [5.74, 6) is 1.84. The first-order valence-corrected chi connectivity index (χ1v) is 6.24. The minimum Gasteiger partial charge on any atom is -0.100 e. The molecular weight excluding hydrogens is 168 g/mol. The Morgan fingerprint density at radius 1 is 1.21 bits per heavy atom. The highest BCUT2D eigenvalue weighted by Crippen LogP contribution is 2.25. The van der Waals surface area contributed by atoms with Crippen molar-refractivity contribution in [2.45, 2.75) is 66.2 Å². The van der Waals surface area contributed by atoms with Crippen LogP contribution in [0.3, 0.4) is 0 Å². The van der Waals surface area contributed by atoms with Gasteiger partial charge < -0.3 is 0 Å². The molecule has 0 spiro atoms. The molecule has 0 rings (SSSR count). The average molecular weight is 196 g/mol. The molecule has 0 aliphatic carbocycles. The van der Waals surface area contributed by atoms with Gasteiger partial charge in [0.15, 0.2) is 0 Å². The molecule has 0 nitrogen and oxygen atoms in total. The van der Waals surface area contributed by atoms with Crippen LogP contribution >= 0.6 is 0 Å². The van der Waals surface area contributed by atoms with E-state index in [0.717, 1.165) is 11.8 Å². The molecule has 0 heterocycles. The fourth-order valence-electron chi connectivity index (χ4n) is 1.97. The van der Waals surface area contributed by atoms with Crippen molar-refractivity contribution in [3.63, 3.8) is 0 Å². The van der Waals surface area contributed by atoms with Crippen LogP contribution in [0.5, 0.6) is 0 Å². The SMILES string of the molecule is C=C(C)CCC(CCC)CC(C)CC. The molecular formula is C14H28. The lowest BCUT2D eigenvalue weighted by Crippen LogP contribution is -2.06. The summed E-state index contributed by atoms with van der Waals surface area (Å²) in [4.78, 5) is 0. The van der Waals surface area contributed by atoms with E-state index in [-0.39, 0.29) is 0 Å². The molecule has 0 saturated carbocycles. The quantitative estimate of drug-likeness (QED) is 0.468. The molecule has 0 saturated heterocycles. The lowest BCUT2D eigenvalue weighted by molar-refractivity contribution is 0.342. The lowest BCUT2D eigenvalue weighted by Gasteiger charge is -2.19. The summed E-state index contributed by atoms with van der Waals surface area (Å²) in [6.45, 7) is 13.1. The second-order valence-electron chi connectivity index (χ2n) is 4.90. The maximum Gasteiger partial charge on any atom is -0.0323 e. The largest absolute Gasteiger partial charge is 0.100 e. The Hall–Kier alpha value is -0.260. The molecule has 0 fully saturated rings. The fraction of sp³-hybridized carbons (Fsp3) is 0.857. The smallest absolute Gasteiger partial charge is 0.0323 e. The molecule has 0 radical (unpaired) electrons. The Balaban J connectivity index is 3.82. The van der Waals surface area contributed by atoms with Gasteiger partial charge >= 0.3 is 0 Å². The van der Waals surface area contributed by atoms with Crippen LogP contribution in [0.1, 0.15) is 66.2 Å². The molecule has 0 heteroatoms. The van der Waals surface area contributed by atoms with Gasteiger partial charge in [0.1, 0.15) is 0 Å². The van der Waals surface area contributed by atoms with Crippen LogP contribution in [0.25, 0.3) is 0 Å². The minimum absolute atomic E-state index is 0.900. The number of allylic oxidation sites excluding steroid dienone is 1. The molecule has 14 heavy (non-hydrogen) atoms. The van der Waals surface area contributed by atoms with Gasteiger partial charge in [0.2, 0.25) is 0 Å². The number of hydrogen-bond acceptors (Lipinski definition) is 0. The van der Waals surface area contributed by atoms with Crippen LogP contribution in [0.15, 0.2) is 12.2 Å². The summed E-state index contributed by atoms with van der Waals surface area (Å²) in [5.41, 5.74) is 1.34. The molecule has 2 atom stereocenters. The van der Waals surface area contributed by atoms with Crippen molar-refractivity contribution < 1.29 is 0 Å². The van der Waals surface area contributed by atoms with Gasteiger partial charge in [-0.3, -0.25) is 0 Å². The zero-order valence-corrected chi connectivity index (χ0v) is 10.6. The summed E-state index contributed by atoms with van der Waals surface area (Å²) in [6.07, 6.45) is 8.05. The lowest BCUT2D eigenvalue weighted by atomic mass is 9.87. The minimum atomic E-state index is 0.900. The van der Waals surface area contributed by atoms with E-state index in [9.17, 15) is 0 Å². The normalized spacial score (nSPS) is 15.1. The molecule has 0 amide bonds. The third kappa shape index (κ3) is 7.17. The highest BCUT2D eigenvalue weighted by Gasteiger charge is 2.11. The third-order valence-corrected chi connectivity index (χ3v) is 3.11. The van der Waals surface area contributed by atoms with E-state index < -0.39 is 0 Å². The van der Waals surface area contributed by atoms with E-state index in [4.69, 9.17) is 0 Å². The van der Waals surface area contributed by atoms with Gasteiger partial charge in [-0.2, -0.15) is 0 Å². The Kier molecular flexibility index (Phi) is 7.93. The zero-order valence-electron chi connectivity index (χ0n) is 10.6. The molecule has 0 aromatic rings. The van der Waals surface area contributed by atoms with E-state index in [2.05, 4.69) is 34.3 Å². The molecule has 0 aromatic heterocycles. The van der Waals surface area contributed by atoms with Crippen LogP contribution in [0, 0.1) is 11.8 Å². The zero-order chi connectivity index (χ0) is 11.0. The first-order chi connectivity index (χ1) is 6.60. The van der Waals surface area contributed by atoms with E-state index in [0.29, 0.717) is 0 Å². The Morgan fingerprint density at radius 3 is 2.29 bits per heavy atom. The van der Waals surface area contributed by atoms with Crippen molar-refractivity contribution in [2.75, 3.05) is 0 Å². The third-order valence-electron chi connectivity index (χ3n) is 3.11. The topological polar surface area (TPSA) is 0 Å². The van der Waals surface area contributed by atoms with Gasteiger partial charge in [0.05, 0.1) is 0 Å². The van der Waals surface area contributed by atoms with Gasteiger partial charge in [-0.15, -0.1) is 6.58 Å². The van der Waals surface area contributed by atoms with E-state index >= 15 is 0 Å². The Morgan fingerprint density at radius 2 is 1.86 bits per heavy atom. The molecule has 0 aliphatic rings. The summed E-state index contributed by atoms with van der Waals surface area (Å²) >= 11 is 0. The molecule has 2 unspecified atom stereocenters. The van der Waals surface area contributed by atoms with E-state index in [1.807, 2.05) is 0 Å². The van der Waals surface area contributed by atoms with E-state index in [1.165, 1.54) is 44.1 Å². The molecule has 0 N–H and O–H groups in total. The van der Waals surface area contributed by atoms with Gasteiger partial charge in [-0.05, 0) is 38.0 Å². The number of rotatable bonds is 8. The predicted molar refractivity (Wildman–Crippen MR) is 66.5 cm³/mol. The van der Waals surface area contributed by atoms with Gasteiger partial charge in [-0.25, -0.2) is 0 Å². The summed E-state index contributed by atoms with van der Waals surface area (Å²) in [7, 11) is 0. The maximum atomic E-state index is 3.99. The second kappa shape index (κ2) is 8.08. The maximum absolute atomic E-state index is 3.99. The van der Waals surface area contributed by atoms with Crippen LogP contribution in [0.2, 0.25) is 0 Å². The monoisotopic (exact) mass is 196 g/mol. The average Bonchev–Trinajstić information content (AvgIpc) is 2.14. The van der Waals surface area contributed by atoms with Gasteiger partial charge in [0, 0.05) is 0 Å². The highest BCUT2D eigenvalue weighted by atomic mass is 14.2. The van der Waals surface area contributed by atoms with Gasteiger partial charge in [-0.1, -0.05) is 45.6 Å². The fourth-order valence-corrected chi connectivity index (χ4v) is 1.97. The van der Waals surface area contributed by atoms with Crippen LogP contribution in [-0.4, -0.2) is 0 Å². The Labute approximate surface area is 90.8 Å². The number of hydrogen-bond donors (Lipinski definition) is 0. The van der Waals surface area contributed by atoms with Crippen molar-refractivity contribution in [1.29, 1.82) is 0 Å². The standard InChI is InChI=1S/C14H28/c1-6-8-14(10-9-12(3)4)11-13(5)7-2/h13-14H,3,6-11H2,1-2,4-5H3. The Bertz CT molecular complexity index is 146. The summed E-state index contributed by atoms with van der Waals surface area (Å²) < 4.78 is 0. The van der Waals surface area contributed by atoms with Crippen molar-refractivity contribution in [2.24, 2.45) is 11.8 Å². The first kappa shape index (κ1) is 13.7. The predicted octanol–water partition coefficient (Wildman–Crippen LogP) is 5.20.